The number of carbonyl (C=O) groups excluding carboxylic acids is 2. The van der Waals surface area contributed by atoms with Crippen LogP contribution in [0.25, 0.3) is 0 Å². The zero-order chi connectivity index (χ0) is 20.1. The molecule has 1 saturated carbocycles. The SMILES string of the molecule is CC1=C(C(=O)OC2CCCCCCC2)[C@@H](c2ccc([N+](=O)[O-])cc2)NC(=O)N1. The number of nitrogens with zero attached hydrogens (tertiary/aromatic N) is 1. The Labute approximate surface area is 163 Å². The largest absolute Gasteiger partial charge is 0.459 e. The minimum atomic E-state index is -0.712. The molecule has 1 aliphatic carbocycles. The van der Waals surface area contributed by atoms with Crippen molar-refractivity contribution in [3.05, 3.63) is 51.2 Å². The van der Waals surface area contributed by atoms with E-state index in [4.69, 9.17) is 4.74 Å². The van der Waals surface area contributed by atoms with Crippen LogP contribution in [0, 0.1) is 10.1 Å². The van der Waals surface area contributed by atoms with E-state index in [1.807, 2.05) is 0 Å². The van der Waals surface area contributed by atoms with Crippen molar-refractivity contribution in [1.29, 1.82) is 0 Å². The van der Waals surface area contributed by atoms with Crippen LogP contribution >= 0.6 is 0 Å². The predicted octanol–water partition coefficient (Wildman–Crippen LogP) is 3.88. The molecule has 0 radical (unpaired) electrons. The van der Waals surface area contributed by atoms with Crippen LogP contribution in [0.2, 0.25) is 0 Å². The summed E-state index contributed by atoms with van der Waals surface area (Å²) >= 11 is 0. The van der Waals surface area contributed by atoms with Gasteiger partial charge in [0.1, 0.15) is 6.10 Å². The highest BCUT2D eigenvalue weighted by atomic mass is 16.6. The van der Waals surface area contributed by atoms with Crippen LogP contribution in [0.1, 0.15) is 63.5 Å². The van der Waals surface area contributed by atoms with Crippen molar-refractivity contribution in [2.45, 2.75) is 64.0 Å². The molecule has 28 heavy (non-hydrogen) atoms. The second-order valence-corrected chi connectivity index (χ2v) is 7.29. The van der Waals surface area contributed by atoms with Gasteiger partial charge in [0, 0.05) is 17.8 Å². The fourth-order valence-corrected chi connectivity index (χ4v) is 3.75. The van der Waals surface area contributed by atoms with Gasteiger partial charge in [-0.25, -0.2) is 9.59 Å². The monoisotopic (exact) mass is 387 g/mol. The van der Waals surface area contributed by atoms with Crippen LogP contribution in [0.15, 0.2) is 35.5 Å². The smallest absolute Gasteiger partial charge is 0.338 e. The first kappa shape index (κ1) is 19.9. The number of nitrogens with one attached hydrogen (secondary N) is 2. The quantitative estimate of drug-likeness (QED) is 0.463. The molecule has 2 N–H and O–H groups in total. The van der Waals surface area contributed by atoms with Gasteiger partial charge in [-0.3, -0.25) is 10.1 Å². The number of nitro groups is 1. The number of hydrogen-bond donors (Lipinski definition) is 2. The maximum Gasteiger partial charge on any atom is 0.338 e. The Morgan fingerprint density at radius 2 is 1.71 bits per heavy atom. The third kappa shape index (κ3) is 4.68. The molecule has 2 amide bonds. The topological polar surface area (TPSA) is 111 Å². The summed E-state index contributed by atoms with van der Waals surface area (Å²) in [6.07, 6.45) is 7.18. The van der Waals surface area contributed by atoms with E-state index in [-0.39, 0.29) is 11.8 Å². The summed E-state index contributed by atoms with van der Waals surface area (Å²) in [5.41, 5.74) is 1.30. The van der Waals surface area contributed by atoms with E-state index in [1.54, 1.807) is 19.1 Å². The van der Waals surface area contributed by atoms with Crippen molar-refractivity contribution in [1.82, 2.24) is 10.6 Å². The molecule has 0 aromatic heterocycles. The van der Waals surface area contributed by atoms with Crippen LogP contribution in [-0.2, 0) is 9.53 Å². The van der Waals surface area contributed by atoms with Crippen LogP contribution in [0.3, 0.4) is 0 Å². The van der Waals surface area contributed by atoms with Gasteiger partial charge in [0.25, 0.3) is 5.69 Å². The van der Waals surface area contributed by atoms with Gasteiger partial charge < -0.3 is 15.4 Å². The van der Waals surface area contributed by atoms with Crippen LogP contribution in [0.4, 0.5) is 10.5 Å². The molecular formula is C20H25N3O5. The van der Waals surface area contributed by atoms with Gasteiger partial charge in [-0.2, -0.15) is 0 Å². The standard InChI is InChI=1S/C20H25N3O5/c1-13-17(19(24)28-16-7-5-3-2-4-6-8-16)18(22-20(25)21-13)14-9-11-15(12-10-14)23(26)27/h9-12,16,18H,2-8H2,1H3,(H2,21,22,25)/t18-/m1/s1. The van der Waals surface area contributed by atoms with Crippen molar-refractivity contribution in [2.24, 2.45) is 0 Å². The number of esters is 1. The molecule has 150 valence electrons. The number of rotatable bonds is 4. The second kappa shape index (κ2) is 8.86. The molecule has 1 atom stereocenters. The third-order valence-corrected chi connectivity index (χ3v) is 5.25. The highest BCUT2D eigenvalue weighted by Crippen LogP contribution is 2.30. The van der Waals surface area contributed by atoms with E-state index in [1.165, 1.54) is 18.6 Å². The van der Waals surface area contributed by atoms with E-state index in [0.29, 0.717) is 16.8 Å². The Morgan fingerprint density at radius 3 is 2.32 bits per heavy atom. The Balaban J connectivity index is 1.82. The molecule has 1 aliphatic heterocycles. The second-order valence-electron chi connectivity index (χ2n) is 7.29. The normalized spacial score (nSPS) is 21.2. The van der Waals surface area contributed by atoms with E-state index < -0.39 is 23.0 Å². The minimum Gasteiger partial charge on any atom is -0.459 e. The number of allylic oxidation sites excluding steroid dienone is 1. The summed E-state index contributed by atoms with van der Waals surface area (Å²) in [7, 11) is 0. The number of carbonyl (C=O) groups is 2. The molecule has 3 rings (SSSR count). The zero-order valence-electron chi connectivity index (χ0n) is 15.9. The molecule has 1 aromatic carbocycles. The maximum atomic E-state index is 13.0. The van der Waals surface area contributed by atoms with Crippen molar-refractivity contribution in [3.8, 4) is 0 Å². The van der Waals surface area contributed by atoms with Gasteiger partial charge in [-0.15, -0.1) is 0 Å². The summed E-state index contributed by atoms with van der Waals surface area (Å²) in [5.74, 6) is -0.459. The Morgan fingerprint density at radius 1 is 1.11 bits per heavy atom. The average Bonchev–Trinajstić information content (AvgIpc) is 2.63. The molecule has 0 saturated heterocycles. The summed E-state index contributed by atoms with van der Waals surface area (Å²) < 4.78 is 5.79. The highest BCUT2D eigenvalue weighted by Gasteiger charge is 2.33. The van der Waals surface area contributed by atoms with Crippen LogP contribution in [-0.4, -0.2) is 23.0 Å². The fourth-order valence-electron chi connectivity index (χ4n) is 3.75. The molecular weight excluding hydrogens is 362 g/mol. The first-order valence-electron chi connectivity index (χ1n) is 9.69. The van der Waals surface area contributed by atoms with Gasteiger partial charge >= 0.3 is 12.0 Å². The zero-order valence-corrected chi connectivity index (χ0v) is 15.9. The van der Waals surface area contributed by atoms with Crippen molar-refractivity contribution < 1.29 is 19.2 Å². The molecule has 1 heterocycles. The lowest BCUT2D eigenvalue weighted by molar-refractivity contribution is -0.384. The van der Waals surface area contributed by atoms with Crippen molar-refractivity contribution >= 4 is 17.7 Å². The molecule has 8 nitrogen and oxygen atoms in total. The molecule has 0 unspecified atom stereocenters. The number of nitro benzene ring substituents is 1. The lowest BCUT2D eigenvalue weighted by Gasteiger charge is -2.29. The fraction of sp³-hybridized carbons (Fsp3) is 0.500. The van der Waals surface area contributed by atoms with Gasteiger partial charge in [0.2, 0.25) is 0 Å². The van der Waals surface area contributed by atoms with Crippen LogP contribution < -0.4 is 10.6 Å². The number of benzene rings is 1. The predicted molar refractivity (Wildman–Crippen MR) is 102 cm³/mol. The third-order valence-electron chi connectivity index (χ3n) is 5.25. The number of ether oxygens (including phenoxy) is 1. The van der Waals surface area contributed by atoms with Crippen molar-refractivity contribution in [2.75, 3.05) is 0 Å². The lowest BCUT2D eigenvalue weighted by Crippen LogP contribution is -2.45. The Bertz CT molecular complexity index is 780. The summed E-state index contributed by atoms with van der Waals surface area (Å²) in [6.45, 7) is 1.66. The summed E-state index contributed by atoms with van der Waals surface area (Å²) in [4.78, 5) is 35.3. The number of urea groups is 1. The summed E-state index contributed by atoms with van der Waals surface area (Å²) in [5, 5.41) is 16.2. The molecule has 1 fully saturated rings. The van der Waals surface area contributed by atoms with Gasteiger partial charge in [-0.1, -0.05) is 19.3 Å². The maximum absolute atomic E-state index is 13.0. The summed E-state index contributed by atoms with van der Waals surface area (Å²) in [6, 6.07) is 4.67. The molecule has 0 bridgehead atoms. The average molecular weight is 387 g/mol. The van der Waals surface area contributed by atoms with E-state index in [2.05, 4.69) is 10.6 Å². The van der Waals surface area contributed by atoms with Gasteiger partial charge in [0.15, 0.2) is 0 Å². The van der Waals surface area contributed by atoms with E-state index in [0.717, 1.165) is 38.5 Å². The highest BCUT2D eigenvalue weighted by molar-refractivity contribution is 5.95. The first-order chi connectivity index (χ1) is 13.5. The lowest BCUT2D eigenvalue weighted by atomic mass is 9.95. The molecule has 1 aromatic rings. The minimum absolute atomic E-state index is 0.0524. The molecule has 0 spiro atoms. The van der Waals surface area contributed by atoms with Crippen molar-refractivity contribution in [3.63, 3.8) is 0 Å². The van der Waals surface area contributed by atoms with Gasteiger partial charge in [0.05, 0.1) is 16.5 Å². The number of hydrogen-bond acceptors (Lipinski definition) is 5. The Hall–Kier alpha value is -2.90. The number of non-ortho nitro benzene ring substituents is 1. The molecule has 2 aliphatic rings. The number of amides is 2. The van der Waals surface area contributed by atoms with Crippen LogP contribution in [0.5, 0.6) is 0 Å². The van der Waals surface area contributed by atoms with E-state index in [9.17, 15) is 19.7 Å². The van der Waals surface area contributed by atoms with Gasteiger partial charge in [-0.05, 0) is 50.3 Å². The first-order valence-corrected chi connectivity index (χ1v) is 9.69. The Kier molecular flexibility index (Phi) is 6.28. The van der Waals surface area contributed by atoms with E-state index >= 15 is 0 Å². The molecule has 8 heteroatoms.